The molecule has 0 aliphatic heterocycles. The number of hydrogen-bond acceptors (Lipinski definition) is 2. The molecule has 1 heterocycles. The second-order valence-electron chi connectivity index (χ2n) is 2.34. The van der Waals surface area contributed by atoms with Crippen LogP contribution in [-0.4, -0.2) is 5.16 Å². The van der Waals surface area contributed by atoms with E-state index < -0.39 is 0 Å². The lowest BCUT2D eigenvalue weighted by molar-refractivity contribution is 0.415. The zero-order valence-electron chi connectivity index (χ0n) is 6.12. The molecule has 59 valence electrons. The topological polar surface area (TPSA) is 26.0 Å². The summed E-state index contributed by atoms with van der Waals surface area (Å²) in [6.45, 7) is 0. The third kappa shape index (κ3) is 1.34. The number of rotatable bonds is 1. The predicted molar refractivity (Wildman–Crippen MR) is 45.8 cm³/mol. The Morgan fingerprint density at radius 2 is 2.00 bits per heavy atom. The minimum Gasteiger partial charge on any atom is -0.352 e. The van der Waals surface area contributed by atoms with Crippen LogP contribution in [0.15, 0.2) is 34.9 Å². The Bertz CT molecular complexity index is 353. The van der Waals surface area contributed by atoms with Gasteiger partial charge in [-0.1, -0.05) is 28.9 Å². The van der Waals surface area contributed by atoms with Crippen LogP contribution in [0.3, 0.4) is 0 Å². The van der Waals surface area contributed by atoms with Crippen LogP contribution in [0, 0.1) is 6.26 Å². The first-order valence-corrected chi connectivity index (χ1v) is 3.83. The SMILES string of the molecule is Clc1ccc(-c2c[c]on2)cc1. The minimum absolute atomic E-state index is 0.714. The van der Waals surface area contributed by atoms with Crippen molar-refractivity contribution in [1.82, 2.24) is 5.16 Å². The van der Waals surface area contributed by atoms with E-state index in [-0.39, 0.29) is 0 Å². The first-order chi connectivity index (χ1) is 5.86. The zero-order chi connectivity index (χ0) is 8.39. The van der Waals surface area contributed by atoms with E-state index in [1.54, 1.807) is 6.07 Å². The van der Waals surface area contributed by atoms with Gasteiger partial charge in [-0.2, -0.15) is 0 Å². The maximum absolute atomic E-state index is 5.72. The molecule has 2 aromatic rings. The van der Waals surface area contributed by atoms with Crippen molar-refractivity contribution in [1.29, 1.82) is 0 Å². The molecule has 1 radical (unpaired) electrons. The molecule has 0 aliphatic rings. The van der Waals surface area contributed by atoms with Gasteiger partial charge in [-0.05, 0) is 12.1 Å². The summed E-state index contributed by atoms with van der Waals surface area (Å²) in [7, 11) is 0. The lowest BCUT2D eigenvalue weighted by atomic mass is 10.2. The van der Waals surface area contributed by atoms with Gasteiger partial charge in [0.25, 0.3) is 0 Å². The van der Waals surface area contributed by atoms with Crippen molar-refractivity contribution in [3.63, 3.8) is 0 Å². The number of nitrogens with zero attached hydrogens (tertiary/aromatic N) is 1. The Morgan fingerprint density at radius 1 is 1.25 bits per heavy atom. The van der Waals surface area contributed by atoms with Gasteiger partial charge in [0.05, 0.1) is 0 Å². The molecule has 0 fully saturated rings. The van der Waals surface area contributed by atoms with Crippen LogP contribution in [0.4, 0.5) is 0 Å². The maximum atomic E-state index is 5.72. The smallest absolute Gasteiger partial charge is 0.205 e. The third-order valence-corrected chi connectivity index (χ3v) is 1.78. The van der Waals surface area contributed by atoms with Gasteiger partial charge in [0.15, 0.2) is 0 Å². The lowest BCUT2D eigenvalue weighted by Crippen LogP contribution is -1.74. The van der Waals surface area contributed by atoms with Crippen LogP contribution >= 0.6 is 11.6 Å². The fraction of sp³-hybridized carbons (Fsp3) is 0. The monoisotopic (exact) mass is 178 g/mol. The van der Waals surface area contributed by atoms with Crippen LogP contribution in [-0.2, 0) is 0 Å². The van der Waals surface area contributed by atoms with Gasteiger partial charge in [-0.25, -0.2) is 0 Å². The van der Waals surface area contributed by atoms with E-state index in [9.17, 15) is 0 Å². The van der Waals surface area contributed by atoms with Gasteiger partial charge in [-0.3, -0.25) is 0 Å². The molecular weight excluding hydrogens is 174 g/mol. The largest absolute Gasteiger partial charge is 0.352 e. The fourth-order valence-corrected chi connectivity index (χ4v) is 1.07. The first-order valence-electron chi connectivity index (χ1n) is 3.45. The first kappa shape index (κ1) is 7.37. The second kappa shape index (κ2) is 2.99. The Balaban J connectivity index is 2.43. The van der Waals surface area contributed by atoms with E-state index in [0.717, 1.165) is 11.3 Å². The summed E-state index contributed by atoms with van der Waals surface area (Å²) in [5.74, 6) is 0. The normalized spacial score (nSPS) is 10.1. The highest BCUT2D eigenvalue weighted by Gasteiger charge is 1.99. The van der Waals surface area contributed by atoms with Crippen LogP contribution < -0.4 is 0 Å². The van der Waals surface area contributed by atoms with Crippen molar-refractivity contribution < 1.29 is 4.52 Å². The van der Waals surface area contributed by atoms with Gasteiger partial charge in [0.1, 0.15) is 5.69 Å². The molecule has 0 saturated heterocycles. The van der Waals surface area contributed by atoms with E-state index in [1.165, 1.54) is 0 Å². The summed E-state index contributed by atoms with van der Waals surface area (Å²) < 4.78 is 4.59. The summed E-state index contributed by atoms with van der Waals surface area (Å²) in [5, 5.41) is 4.46. The quantitative estimate of drug-likeness (QED) is 0.671. The molecule has 0 spiro atoms. The van der Waals surface area contributed by atoms with Crippen LogP contribution in [0.2, 0.25) is 5.02 Å². The van der Waals surface area contributed by atoms with Crippen LogP contribution in [0.25, 0.3) is 11.3 Å². The van der Waals surface area contributed by atoms with Crippen molar-refractivity contribution >= 4 is 11.6 Å². The molecular formula is C9H5ClNO. The highest BCUT2D eigenvalue weighted by atomic mass is 35.5. The molecule has 0 unspecified atom stereocenters. The molecule has 2 nitrogen and oxygen atoms in total. The summed E-state index contributed by atoms with van der Waals surface area (Å²) in [4.78, 5) is 0. The van der Waals surface area contributed by atoms with Crippen molar-refractivity contribution in [2.75, 3.05) is 0 Å². The van der Waals surface area contributed by atoms with Crippen molar-refractivity contribution in [2.24, 2.45) is 0 Å². The molecule has 12 heavy (non-hydrogen) atoms. The molecule has 0 atom stereocenters. The summed E-state index contributed by atoms with van der Waals surface area (Å²) in [5.41, 5.74) is 1.75. The molecule has 2 rings (SSSR count). The van der Waals surface area contributed by atoms with Crippen LogP contribution in [0.1, 0.15) is 0 Å². The van der Waals surface area contributed by atoms with Crippen LogP contribution in [0.5, 0.6) is 0 Å². The molecule has 0 bridgehead atoms. The number of hydrogen-bond donors (Lipinski definition) is 0. The van der Waals surface area contributed by atoms with Gasteiger partial charge in [-0.15, -0.1) is 0 Å². The summed E-state index contributed by atoms with van der Waals surface area (Å²) in [6.07, 6.45) is 2.52. The third-order valence-electron chi connectivity index (χ3n) is 1.53. The van der Waals surface area contributed by atoms with E-state index in [1.807, 2.05) is 24.3 Å². The molecule has 1 aromatic heterocycles. The molecule has 0 N–H and O–H groups in total. The average molecular weight is 179 g/mol. The zero-order valence-corrected chi connectivity index (χ0v) is 6.88. The number of halogens is 1. The molecule has 0 saturated carbocycles. The van der Waals surface area contributed by atoms with Gasteiger partial charge in [0, 0.05) is 16.7 Å². The minimum atomic E-state index is 0.714. The maximum Gasteiger partial charge on any atom is 0.205 e. The average Bonchev–Trinajstić information content (AvgIpc) is 2.58. The Morgan fingerprint density at radius 3 is 2.58 bits per heavy atom. The lowest BCUT2D eigenvalue weighted by Gasteiger charge is -1.93. The van der Waals surface area contributed by atoms with Gasteiger partial charge < -0.3 is 4.52 Å². The van der Waals surface area contributed by atoms with Crippen molar-refractivity contribution in [3.8, 4) is 11.3 Å². The second-order valence-corrected chi connectivity index (χ2v) is 2.77. The predicted octanol–water partition coefficient (Wildman–Crippen LogP) is 2.80. The number of aromatic nitrogens is 1. The Labute approximate surface area is 74.8 Å². The fourth-order valence-electron chi connectivity index (χ4n) is 0.941. The van der Waals surface area contributed by atoms with Crippen molar-refractivity contribution in [2.45, 2.75) is 0 Å². The van der Waals surface area contributed by atoms with Crippen molar-refractivity contribution in [3.05, 3.63) is 41.6 Å². The van der Waals surface area contributed by atoms with Gasteiger partial charge in [0.2, 0.25) is 6.26 Å². The van der Waals surface area contributed by atoms with E-state index in [2.05, 4.69) is 15.9 Å². The van der Waals surface area contributed by atoms with Gasteiger partial charge >= 0.3 is 0 Å². The number of benzene rings is 1. The summed E-state index contributed by atoms with van der Waals surface area (Å²) in [6, 6.07) is 9.07. The molecule has 1 aromatic carbocycles. The van der Waals surface area contributed by atoms with E-state index in [0.29, 0.717) is 5.02 Å². The highest BCUT2D eigenvalue weighted by molar-refractivity contribution is 6.30. The Kier molecular flexibility index (Phi) is 1.84. The van der Waals surface area contributed by atoms with E-state index in [4.69, 9.17) is 11.6 Å². The molecule has 0 amide bonds. The van der Waals surface area contributed by atoms with E-state index >= 15 is 0 Å². The molecule has 3 heteroatoms. The summed E-state index contributed by atoms with van der Waals surface area (Å²) >= 11 is 5.72. The Hall–Kier alpha value is -1.28. The highest BCUT2D eigenvalue weighted by Crippen LogP contribution is 2.18. The molecule has 0 aliphatic carbocycles. The standard InChI is InChI=1S/C9H5ClNO/c10-8-3-1-7(2-4-8)9-5-6-12-11-9/h1-5H.